The number of hydrogen-bond acceptors (Lipinski definition) is 4. The Kier molecular flexibility index (Phi) is 5.59. The van der Waals surface area contributed by atoms with Gasteiger partial charge in [-0.05, 0) is 124 Å². The van der Waals surface area contributed by atoms with Crippen LogP contribution in [0.4, 0.5) is 0 Å². The van der Waals surface area contributed by atoms with Gasteiger partial charge in [0, 0.05) is 0 Å². The van der Waals surface area contributed by atoms with Crippen molar-refractivity contribution in [2.45, 2.75) is 143 Å². The Hall–Kier alpha value is -0.160. The van der Waals surface area contributed by atoms with Crippen molar-refractivity contribution in [2.24, 2.45) is 45.3 Å². The maximum absolute atomic E-state index is 12.0. The van der Waals surface area contributed by atoms with Crippen molar-refractivity contribution in [3.63, 3.8) is 0 Å². The molecule has 5 rings (SSSR count). The zero-order valence-electron chi connectivity index (χ0n) is 23.2. The fraction of sp³-hybridized carbons (Fsp3) is 1.00. The molecule has 0 spiro atoms. The predicted molar refractivity (Wildman–Crippen MR) is 135 cm³/mol. The minimum Gasteiger partial charge on any atom is -0.393 e. The van der Waals surface area contributed by atoms with Gasteiger partial charge in [-0.25, -0.2) is 0 Å². The van der Waals surface area contributed by atoms with E-state index in [-0.39, 0.29) is 51.5 Å². The summed E-state index contributed by atoms with van der Waals surface area (Å²) in [5.41, 5.74) is -0.766. The van der Waals surface area contributed by atoms with Gasteiger partial charge in [0.25, 0.3) is 0 Å². The smallest absolute Gasteiger partial charge is 0.0865 e. The van der Waals surface area contributed by atoms with E-state index in [1.54, 1.807) is 0 Å². The summed E-state index contributed by atoms with van der Waals surface area (Å²) >= 11 is 0. The number of hydrogen-bond donors (Lipinski definition) is 3. The Morgan fingerprint density at radius 1 is 0.765 bits per heavy atom. The first kappa shape index (κ1) is 25.5. The second kappa shape index (κ2) is 7.45. The molecule has 196 valence electrons. The summed E-state index contributed by atoms with van der Waals surface area (Å²) in [5, 5.41) is 33.5. The fourth-order valence-electron chi connectivity index (χ4n) is 11.2. The van der Waals surface area contributed by atoms with E-state index in [1.807, 2.05) is 13.8 Å². The van der Waals surface area contributed by atoms with Crippen LogP contribution in [0.15, 0.2) is 0 Å². The highest BCUT2D eigenvalue weighted by atomic mass is 16.5. The summed E-state index contributed by atoms with van der Waals surface area (Å²) < 4.78 is 6.68. The maximum Gasteiger partial charge on any atom is 0.0865 e. The lowest BCUT2D eigenvalue weighted by Crippen LogP contribution is -2.67. The molecule has 0 bridgehead atoms. The highest BCUT2D eigenvalue weighted by molar-refractivity contribution is 5.20. The second-order valence-electron chi connectivity index (χ2n) is 15.5. The Balaban J connectivity index is 1.48. The molecule has 3 N–H and O–H groups in total. The lowest BCUT2D eigenvalue weighted by molar-refractivity contribution is -0.257. The first-order valence-corrected chi connectivity index (χ1v) is 14.3. The van der Waals surface area contributed by atoms with Gasteiger partial charge in [0.1, 0.15) is 0 Å². The number of fused-ring (bicyclic) bond motifs is 5. The summed E-state index contributed by atoms with van der Waals surface area (Å²) in [4.78, 5) is 0. The second-order valence-corrected chi connectivity index (χ2v) is 15.5. The van der Waals surface area contributed by atoms with Crippen LogP contribution in [0.5, 0.6) is 0 Å². The van der Waals surface area contributed by atoms with E-state index in [0.29, 0.717) is 17.8 Å². The molecule has 4 nitrogen and oxygen atoms in total. The van der Waals surface area contributed by atoms with Gasteiger partial charge in [0.05, 0.1) is 29.5 Å². The van der Waals surface area contributed by atoms with E-state index in [1.165, 1.54) is 6.42 Å². The lowest BCUT2D eigenvalue weighted by Gasteiger charge is -2.70. The SMILES string of the molecule is CC(C)(O)C1CCC(C)(C2CCC3(C)C2CC(O)C2C4(C)CCC(O)C(C)(C)C4CCC23C)O1. The zero-order valence-corrected chi connectivity index (χ0v) is 23.2. The van der Waals surface area contributed by atoms with E-state index < -0.39 is 5.60 Å². The summed E-state index contributed by atoms with van der Waals surface area (Å²) in [6.45, 7) is 18.1. The van der Waals surface area contributed by atoms with Crippen molar-refractivity contribution < 1.29 is 20.1 Å². The summed E-state index contributed by atoms with van der Waals surface area (Å²) in [5.74, 6) is 1.63. The lowest BCUT2D eigenvalue weighted by atomic mass is 9.35. The van der Waals surface area contributed by atoms with Crippen LogP contribution in [0.25, 0.3) is 0 Å². The predicted octanol–water partition coefficient (Wildman–Crippen LogP) is 5.71. The standard InChI is InChI=1S/C30H52O4/c1-25(2)21-10-15-29(7)24(27(21,5)13-11-22(25)32)20(31)17-19-18(9-14-28(19,29)6)30(8)16-12-23(34-30)26(3,4)33/h18-24,31-33H,9-17H2,1-8H3. The van der Waals surface area contributed by atoms with Crippen LogP contribution in [-0.4, -0.2) is 44.8 Å². The van der Waals surface area contributed by atoms with Crippen molar-refractivity contribution in [2.75, 3.05) is 0 Å². The number of aliphatic hydroxyl groups is 3. The van der Waals surface area contributed by atoms with E-state index in [9.17, 15) is 15.3 Å². The van der Waals surface area contributed by atoms with Crippen molar-refractivity contribution >= 4 is 0 Å². The molecular formula is C30H52O4. The van der Waals surface area contributed by atoms with E-state index in [4.69, 9.17) is 4.74 Å². The van der Waals surface area contributed by atoms with E-state index >= 15 is 0 Å². The number of ether oxygens (including phenoxy) is 1. The Labute approximate surface area is 208 Å². The van der Waals surface area contributed by atoms with Gasteiger partial charge in [-0.1, -0.05) is 34.6 Å². The van der Waals surface area contributed by atoms with Crippen LogP contribution in [0.2, 0.25) is 0 Å². The fourth-order valence-corrected chi connectivity index (χ4v) is 11.2. The van der Waals surface area contributed by atoms with Gasteiger partial charge in [0.15, 0.2) is 0 Å². The summed E-state index contributed by atoms with van der Waals surface area (Å²) in [6, 6.07) is 0. The molecule has 34 heavy (non-hydrogen) atoms. The molecule has 1 aliphatic heterocycles. The van der Waals surface area contributed by atoms with Crippen LogP contribution in [-0.2, 0) is 4.74 Å². The van der Waals surface area contributed by atoms with Crippen molar-refractivity contribution in [3.8, 4) is 0 Å². The largest absolute Gasteiger partial charge is 0.393 e. The van der Waals surface area contributed by atoms with Crippen LogP contribution in [0.1, 0.15) is 113 Å². The molecule has 4 saturated carbocycles. The molecule has 11 atom stereocenters. The van der Waals surface area contributed by atoms with E-state index in [2.05, 4.69) is 41.5 Å². The molecule has 5 aliphatic rings. The molecule has 0 aromatic heterocycles. The molecule has 1 saturated heterocycles. The molecule has 4 heteroatoms. The van der Waals surface area contributed by atoms with Crippen LogP contribution in [0, 0.1) is 45.3 Å². The molecule has 0 amide bonds. The van der Waals surface area contributed by atoms with Gasteiger partial charge in [-0.3, -0.25) is 0 Å². The Bertz CT molecular complexity index is 817. The molecular weight excluding hydrogens is 424 g/mol. The van der Waals surface area contributed by atoms with Crippen LogP contribution < -0.4 is 0 Å². The highest BCUT2D eigenvalue weighted by Crippen LogP contribution is 2.76. The molecule has 0 aromatic carbocycles. The number of rotatable bonds is 2. The first-order valence-electron chi connectivity index (χ1n) is 14.3. The third-order valence-electron chi connectivity index (χ3n) is 13.2. The molecule has 0 aromatic rings. The first-order chi connectivity index (χ1) is 15.5. The van der Waals surface area contributed by atoms with Crippen LogP contribution in [0.3, 0.4) is 0 Å². The average molecular weight is 477 g/mol. The Morgan fingerprint density at radius 2 is 1.41 bits per heavy atom. The highest BCUT2D eigenvalue weighted by Gasteiger charge is 2.72. The quantitative estimate of drug-likeness (QED) is 0.477. The van der Waals surface area contributed by atoms with Crippen molar-refractivity contribution in [3.05, 3.63) is 0 Å². The summed E-state index contributed by atoms with van der Waals surface area (Å²) in [6.07, 6.45) is 8.71. The number of aliphatic hydroxyl groups excluding tert-OH is 2. The van der Waals surface area contributed by atoms with Gasteiger partial charge in [0.2, 0.25) is 0 Å². The minimum absolute atomic E-state index is 0.0704. The molecule has 11 unspecified atom stereocenters. The summed E-state index contributed by atoms with van der Waals surface area (Å²) in [7, 11) is 0. The maximum atomic E-state index is 12.0. The van der Waals surface area contributed by atoms with Gasteiger partial charge >= 0.3 is 0 Å². The normalized spacial score (nSPS) is 57.1. The monoisotopic (exact) mass is 476 g/mol. The molecule has 0 radical (unpaired) electrons. The molecule has 5 fully saturated rings. The molecule has 1 heterocycles. The van der Waals surface area contributed by atoms with Gasteiger partial charge in [-0.2, -0.15) is 0 Å². The van der Waals surface area contributed by atoms with Crippen LogP contribution >= 0.6 is 0 Å². The molecule has 4 aliphatic carbocycles. The third-order valence-corrected chi connectivity index (χ3v) is 13.2. The van der Waals surface area contributed by atoms with Crippen molar-refractivity contribution in [1.29, 1.82) is 0 Å². The topological polar surface area (TPSA) is 69.9 Å². The van der Waals surface area contributed by atoms with E-state index in [0.717, 1.165) is 51.4 Å². The minimum atomic E-state index is -0.811. The third kappa shape index (κ3) is 3.16. The Morgan fingerprint density at radius 3 is 2.03 bits per heavy atom. The van der Waals surface area contributed by atoms with Crippen molar-refractivity contribution in [1.82, 2.24) is 0 Å². The average Bonchev–Trinajstić information content (AvgIpc) is 3.27. The zero-order chi connectivity index (χ0) is 25.1. The van der Waals surface area contributed by atoms with Gasteiger partial charge < -0.3 is 20.1 Å². The van der Waals surface area contributed by atoms with Gasteiger partial charge in [-0.15, -0.1) is 0 Å².